The van der Waals surface area contributed by atoms with Crippen molar-refractivity contribution in [1.29, 1.82) is 0 Å². The minimum absolute atomic E-state index is 0.220. The molecule has 94 valence electrons. The van der Waals surface area contributed by atoms with Crippen LogP contribution in [0.3, 0.4) is 0 Å². The zero-order valence-electron chi connectivity index (χ0n) is 9.95. The number of aromatic nitrogens is 3. The molecule has 0 aliphatic rings. The third kappa shape index (κ3) is 2.17. The molecule has 2 rings (SSSR count). The molecule has 0 atom stereocenters. The maximum atomic E-state index is 12.0. The van der Waals surface area contributed by atoms with Crippen molar-refractivity contribution in [2.24, 2.45) is 0 Å². The Kier molecular flexibility index (Phi) is 3.52. The van der Waals surface area contributed by atoms with E-state index in [4.69, 9.17) is 10.6 Å². The lowest BCUT2D eigenvalue weighted by molar-refractivity contribution is 0.415. The predicted molar refractivity (Wildman–Crippen MR) is 70.2 cm³/mol. The number of nitrogens with zero attached hydrogens (tertiary/aromatic N) is 3. The summed E-state index contributed by atoms with van der Waals surface area (Å²) in [6, 6.07) is 6.98. The molecule has 0 saturated carbocycles. The summed E-state index contributed by atoms with van der Waals surface area (Å²) >= 11 is 1.26. The van der Waals surface area contributed by atoms with Gasteiger partial charge in [0.05, 0.1) is 7.11 Å². The Bertz CT molecular complexity index is 609. The van der Waals surface area contributed by atoms with Gasteiger partial charge in [-0.1, -0.05) is 11.8 Å². The predicted octanol–water partition coefficient (Wildman–Crippen LogP) is 0.750. The van der Waals surface area contributed by atoms with Crippen LogP contribution in [0.5, 0.6) is 5.75 Å². The molecule has 2 N–H and O–H groups in total. The van der Waals surface area contributed by atoms with Gasteiger partial charge in [0, 0.05) is 5.56 Å². The Morgan fingerprint density at radius 3 is 2.50 bits per heavy atom. The normalized spacial score (nSPS) is 10.3. The van der Waals surface area contributed by atoms with Crippen LogP contribution in [0.1, 0.15) is 0 Å². The summed E-state index contributed by atoms with van der Waals surface area (Å²) < 4.78 is 6.05. The third-order valence-electron chi connectivity index (χ3n) is 2.41. The first-order chi connectivity index (χ1) is 8.67. The van der Waals surface area contributed by atoms with Crippen LogP contribution in [0.15, 0.2) is 34.2 Å². The highest BCUT2D eigenvalue weighted by Crippen LogP contribution is 2.18. The van der Waals surface area contributed by atoms with Crippen molar-refractivity contribution in [2.45, 2.75) is 5.16 Å². The molecule has 0 amide bonds. The van der Waals surface area contributed by atoms with Gasteiger partial charge in [-0.2, -0.15) is 4.68 Å². The quantitative estimate of drug-likeness (QED) is 0.650. The second-order valence-corrected chi connectivity index (χ2v) is 4.21. The zero-order valence-corrected chi connectivity index (χ0v) is 10.8. The van der Waals surface area contributed by atoms with E-state index in [1.165, 1.54) is 11.8 Å². The molecule has 1 aromatic heterocycles. The van der Waals surface area contributed by atoms with E-state index in [2.05, 4.69) is 10.2 Å². The average Bonchev–Trinajstić information content (AvgIpc) is 2.42. The lowest BCUT2D eigenvalue weighted by Crippen LogP contribution is -2.31. The van der Waals surface area contributed by atoms with Crippen molar-refractivity contribution in [3.05, 3.63) is 34.6 Å². The van der Waals surface area contributed by atoms with E-state index in [9.17, 15) is 4.79 Å². The van der Waals surface area contributed by atoms with Crippen LogP contribution in [-0.4, -0.2) is 28.2 Å². The first-order valence-electron chi connectivity index (χ1n) is 5.10. The number of benzene rings is 1. The molecule has 1 aromatic carbocycles. The number of hydrogen-bond acceptors (Lipinski definition) is 6. The van der Waals surface area contributed by atoms with Gasteiger partial charge in [-0.05, 0) is 30.5 Å². The number of ether oxygens (including phenoxy) is 1. The monoisotopic (exact) mass is 264 g/mol. The third-order valence-corrected chi connectivity index (χ3v) is 3.05. The van der Waals surface area contributed by atoms with Crippen LogP contribution in [0.2, 0.25) is 0 Å². The van der Waals surface area contributed by atoms with Crippen LogP contribution in [0, 0.1) is 0 Å². The van der Waals surface area contributed by atoms with Crippen molar-refractivity contribution in [3.8, 4) is 17.0 Å². The van der Waals surface area contributed by atoms with Gasteiger partial charge >= 0.3 is 0 Å². The molecule has 0 bridgehead atoms. The summed E-state index contributed by atoms with van der Waals surface area (Å²) in [5.41, 5.74) is 0.498. The first kappa shape index (κ1) is 12.4. The fourth-order valence-electron chi connectivity index (χ4n) is 1.45. The van der Waals surface area contributed by atoms with E-state index in [0.717, 1.165) is 4.68 Å². The summed E-state index contributed by atoms with van der Waals surface area (Å²) in [6.45, 7) is 0. The molecule has 0 unspecified atom stereocenters. The minimum atomic E-state index is -0.375. The van der Waals surface area contributed by atoms with Crippen LogP contribution in [0.25, 0.3) is 11.3 Å². The number of thioether (sulfide) groups is 1. The Balaban J connectivity index is 2.51. The van der Waals surface area contributed by atoms with Crippen LogP contribution in [-0.2, 0) is 0 Å². The highest BCUT2D eigenvalue weighted by Gasteiger charge is 2.11. The van der Waals surface area contributed by atoms with Gasteiger partial charge in [0.15, 0.2) is 5.69 Å². The smallest absolute Gasteiger partial charge is 0.299 e. The summed E-state index contributed by atoms with van der Waals surface area (Å²) in [4.78, 5) is 12.0. The Labute approximate surface area is 108 Å². The van der Waals surface area contributed by atoms with Gasteiger partial charge in [-0.15, -0.1) is 10.2 Å². The molecule has 0 saturated heterocycles. The zero-order chi connectivity index (χ0) is 13.1. The van der Waals surface area contributed by atoms with Gasteiger partial charge in [0.25, 0.3) is 5.56 Å². The van der Waals surface area contributed by atoms with E-state index < -0.39 is 0 Å². The van der Waals surface area contributed by atoms with E-state index in [1.807, 2.05) is 0 Å². The highest BCUT2D eigenvalue weighted by molar-refractivity contribution is 7.98. The van der Waals surface area contributed by atoms with Crippen LogP contribution in [0.4, 0.5) is 0 Å². The number of nitrogen functional groups attached to an aromatic ring is 1. The molecular weight excluding hydrogens is 252 g/mol. The van der Waals surface area contributed by atoms with Crippen molar-refractivity contribution in [3.63, 3.8) is 0 Å². The standard InChI is InChI=1S/C11H12N4O2S/c1-17-8-5-3-7(4-6-8)9-10(16)15(12)11(18-2)14-13-9/h3-6H,12H2,1-2H3. The molecule has 0 aliphatic heterocycles. The van der Waals surface area contributed by atoms with Crippen molar-refractivity contribution in [2.75, 3.05) is 19.2 Å². The number of methoxy groups -OCH3 is 1. The Morgan fingerprint density at radius 2 is 1.94 bits per heavy atom. The Hall–Kier alpha value is -2.02. The van der Waals surface area contributed by atoms with Gasteiger partial charge in [-0.3, -0.25) is 4.79 Å². The molecule has 6 nitrogen and oxygen atoms in total. The molecular formula is C11H12N4O2S. The fourth-order valence-corrected chi connectivity index (χ4v) is 1.86. The van der Waals surface area contributed by atoms with Gasteiger partial charge in [0.2, 0.25) is 5.16 Å². The summed E-state index contributed by atoms with van der Waals surface area (Å²) in [5.74, 6) is 6.35. The number of nitrogens with two attached hydrogens (primary N) is 1. The highest BCUT2D eigenvalue weighted by atomic mass is 32.2. The number of hydrogen-bond donors (Lipinski definition) is 1. The fraction of sp³-hybridized carbons (Fsp3) is 0.182. The second kappa shape index (κ2) is 5.09. The maximum absolute atomic E-state index is 12.0. The van der Waals surface area contributed by atoms with Crippen LogP contribution >= 0.6 is 11.8 Å². The molecule has 0 radical (unpaired) electrons. The van der Waals surface area contributed by atoms with Gasteiger partial charge in [0.1, 0.15) is 5.75 Å². The van der Waals surface area contributed by atoms with Gasteiger partial charge in [-0.25, -0.2) is 0 Å². The van der Waals surface area contributed by atoms with E-state index in [0.29, 0.717) is 16.5 Å². The summed E-state index contributed by atoms with van der Waals surface area (Å²) in [5, 5.41) is 8.18. The molecule has 0 fully saturated rings. The second-order valence-electron chi connectivity index (χ2n) is 3.44. The molecule has 0 aliphatic carbocycles. The lowest BCUT2D eigenvalue weighted by Gasteiger charge is -2.06. The molecule has 2 aromatic rings. The van der Waals surface area contributed by atoms with Crippen molar-refractivity contribution in [1.82, 2.24) is 14.9 Å². The topological polar surface area (TPSA) is 83.0 Å². The van der Waals surface area contributed by atoms with Crippen molar-refractivity contribution < 1.29 is 4.74 Å². The van der Waals surface area contributed by atoms with Gasteiger partial charge < -0.3 is 10.6 Å². The summed E-state index contributed by atoms with van der Waals surface area (Å²) in [6.07, 6.45) is 1.78. The lowest BCUT2D eigenvalue weighted by atomic mass is 10.1. The average molecular weight is 264 g/mol. The molecule has 1 heterocycles. The molecule has 18 heavy (non-hydrogen) atoms. The number of rotatable bonds is 3. The molecule has 7 heteroatoms. The van der Waals surface area contributed by atoms with Crippen LogP contribution < -0.4 is 16.1 Å². The largest absolute Gasteiger partial charge is 0.497 e. The van der Waals surface area contributed by atoms with Crippen molar-refractivity contribution >= 4 is 11.8 Å². The van der Waals surface area contributed by atoms with E-state index >= 15 is 0 Å². The summed E-state index contributed by atoms with van der Waals surface area (Å²) in [7, 11) is 1.58. The SMILES string of the molecule is COc1ccc(-c2nnc(SC)n(N)c2=O)cc1. The molecule has 0 spiro atoms. The minimum Gasteiger partial charge on any atom is -0.497 e. The first-order valence-corrected chi connectivity index (χ1v) is 6.33. The Morgan fingerprint density at radius 1 is 1.28 bits per heavy atom. The van der Waals surface area contributed by atoms with E-state index in [-0.39, 0.29) is 11.3 Å². The maximum Gasteiger partial charge on any atom is 0.299 e. The van der Waals surface area contributed by atoms with E-state index in [1.54, 1.807) is 37.6 Å².